The third-order valence-corrected chi connectivity index (χ3v) is 1.60. The van der Waals surface area contributed by atoms with Crippen LogP contribution in [0.3, 0.4) is 0 Å². The van der Waals surface area contributed by atoms with Gasteiger partial charge in [-0.25, -0.2) is 0 Å². The second kappa shape index (κ2) is 5.18. The van der Waals surface area contributed by atoms with Gasteiger partial charge in [0.15, 0.2) is 0 Å². The zero-order valence-corrected chi connectivity index (χ0v) is 7.81. The Balaban J connectivity index is 3.01. The molecule has 1 aromatic carbocycles. The summed E-state index contributed by atoms with van der Waals surface area (Å²) in [7, 11) is 0. The van der Waals surface area contributed by atoms with Crippen molar-refractivity contribution in [2.75, 3.05) is 12.3 Å². The van der Waals surface area contributed by atoms with E-state index in [2.05, 4.69) is 21.9 Å². The standard InChI is InChI=1S/C10H7N5/c11-7-9-3-4-10(12)6-8(9)2-1-5-14-15-13/h3-4,6H,5,12H2. The van der Waals surface area contributed by atoms with E-state index in [4.69, 9.17) is 16.5 Å². The molecule has 0 aliphatic rings. The molecule has 0 aromatic heterocycles. The number of nitriles is 1. The highest BCUT2D eigenvalue weighted by Gasteiger charge is 1.98. The highest BCUT2D eigenvalue weighted by molar-refractivity contribution is 5.55. The summed E-state index contributed by atoms with van der Waals surface area (Å²) >= 11 is 0. The Morgan fingerprint density at radius 2 is 2.27 bits per heavy atom. The molecule has 0 atom stereocenters. The summed E-state index contributed by atoms with van der Waals surface area (Å²) in [6.45, 7) is 0.0795. The third-order valence-electron chi connectivity index (χ3n) is 1.60. The van der Waals surface area contributed by atoms with E-state index in [1.807, 2.05) is 6.07 Å². The van der Waals surface area contributed by atoms with Crippen LogP contribution in [-0.2, 0) is 0 Å². The highest BCUT2D eigenvalue weighted by atomic mass is 15.1. The highest BCUT2D eigenvalue weighted by Crippen LogP contribution is 2.11. The van der Waals surface area contributed by atoms with E-state index in [0.717, 1.165) is 0 Å². The first-order valence-corrected chi connectivity index (χ1v) is 4.07. The van der Waals surface area contributed by atoms with Crippen LogP contribution in [0.2, 0.25) is 0 Å². The van der Waals surface area contributed by atoms with Gasteiger partial charge in [-0.3, -0.25) is 0 Å². The monoisotopic (exact) mass is 197 g/mol. The third kappa shape index (κ3) is 2.96. The van der Waals surface area contributed by atoms with Crippen molar-refractivity contribution in [1.29, 1.82) is 5.26 Å². The average Bonchev–Trinajstić information content (AvgIpc) is 2.25. The summed E-state index contributed by atoms with van der Waals surface area (Å²) in [5, 5.41) is 12.0. The summed E-state index contributed by atoms with van der Waals surface area (Å²) in [5.74, 6) is 5.35. The van der Waals surface area contributed by atoms with Crippen LogP contribution in [0, 0.1) is 23.2 Å². The molecule has 0 heterocycles. The van der Waals surface area contributed by atoms with Crippen molar-refractivity contribution in [3.05, 3.63) is 39.8 Å². The van der Waals surface area contributed by atoms with Crippen LogP contribution < -0.4 is 5.73 Å². The van der Waals surface area contributed by atoms with Gasteiger partial charge in [0.2, 0.25) is 0 Å². The number of hydrogen-bond donors (Lipinski definition) is 1. The van der Waals surface area contributed by atoms with E-state index < -0.39 is 0 Å². The smallest absolute Gasteiger partial charge is 0.100 e. The topological polar surface area (TPSA) is 98.6 Å². The van der Waals surface area contributed by atoms with Gasteiger partial charge in [0.05, 0.1) is 12.1 Å². The number of rotatable bonds is 1. The summed E-state index contributed by atoms with van der Waals surface area (Å²) < 4.78 is 0. The van der Waals surface area contributed by atoms with Crippen molar-refractivity contribution < 1.29 is 0 Å². The van der Waals surface area contributed by atoms with Crippen molar-refractivity contribution in [2.24, 2.45) is 5.11 Å². The second-order valence-corrected chi connectivity index (χ2v) is 2.61. The van der Waals surface area contributed by atoms with E-state index in [1.165, 1.54) is 0 Å². The lowest BCUT2D eigenvalue weighted by Crippen LogP contribution is -1.89. The molecule has 1 aromatic rings. The molecule has 0 saturated heterocycles. The molecule has 0 radical (unpaired) electrons. The van der Waals surface area contributed by atoms with Crippen molar-refractivity contribution in [2.45, 2.75) is 0 Å². The van der Waals surface area contributed by atoms with Gasteiger partial charge in [-0.15, -0.1) is 0 Å². The molecule has 0 unspecified atom stereocenters. The van der Waals surface area contributed by atoms with Gasteiger partial charge in [0.1, 0.15) is 6.07 Å². The van der Waals surface area contributed by atoms with Gasteiger partial charge in [0, 0.05) is 16.2 Å². The average molecular weight is 197 g/mol. The minimum Gasteiger partial charge on any atom is -0.399 e. The molecular weight excluding hydrogens is 190 g/mol. The molecule has 5 heteroatoms. The number of nitrogens with two attached hydrogens (primary N) is 1. The van der Waals surface area contributed by atoms with Crippen molar-refractivity contribution in [3.8, 4) is 17.9 Å². The fourth-order valence-electron chi connectivity index (χ4n) is 0.965. The van der Waals surface area contributed by atoms with Crippen LogP contribution in [0.1, 0.15) is 11.1 Å². The predicted molar refractivity (Wildman–Crippen MR) is 56.5 cm³/mol. The Morgan fingerprint density at radius 3 is 2.93 bits per heavy atom. The molecule has 0 aliphatic carbocycles. The Labute approximate surface area is 86.8 Å². The zero-order chi connectivity index (χ0) is 11.1. The van der Waals surface area contributed by atoms with Crippen LogP contribution in [0.15, 0.2) is 23.3 Å². The van der Waals surface area contributed by atoms with Crippen LogP contribution >= 0.6 is 0 Å². The molecule has 0 spiro atoms. The maximum atomic E-state index is 8.77. The van der Waals surface area contributed by atoms with Gasteiger partial charge >= 0.3 is 0 Å². The van der Waals surface area contributed by atoms with E-state index in [9.17, 15) is 0 Å². The van der Waals surface area contributed by atoms with Gasteiger partial charge in [-0.2, -0.15) is 5.26 Å². The Kier molecular flexibility index (Phi) is 3.61. The summed E-state index contributed by atoms with van der Waals surface area (Å²) in [6, 6.07) is 6.86. The minimum atomic E-state index is 0.0795. The first-order valence-electron chi connectivity index (χ1n) is 4.07. The second-order valence-electron chi connectivity index (χ2n) is 2.61. The fraction of sp³-hybridized carbons (Fsp3) is 0.100. The number of nitrogens with zero attached hydrogens (tertiary/aromatic N) is 4. The Hall–Kier alpha value is -2.62. The molecule has 1 rings (SSSR count). The molecule has 0 aliphatic heterocycles. The Morgan fingerprint density at radius 1 is 1.47 bits per heavy atom. The molecular formula is C10H7N5. The molecule has 0 amide bonds. The zero-order valence-electron chi connectivity index (χ0n) is 7.81. The molecule has 0 bridgehead atoms. The van der Waals surface area contributed by atoms with Gasteiger partial charge < -0.3 is 5.73 Å². The molecule has 0 fully saturated rings. The number of azide groups is 1. The van der Waals surface area contributed by atoms with Crippen LogP contribution in [0.5, 0.6) is 0 Å². The Bertz CT molecular complexity index is 509. The first kappa shape index (κ1) is 10.5. The molecule has 5 nitrogen and oxygen atoms in total. The van der Waals surface area contributed by atoms with Crippen LogP contribution in [0.4, 0.5) is 5.69 Å². The van der Waals surface area contributed by atoms with E-state index in [0.29, 0.717) is 16.8 Å². The van der Waals surface area contributed by atoms with Crippen molar-refractivity contribution >= 4 is 5.69 Å². The lowest BCUT2D eigenvalue weighted by molar-refractivity contribution is 1.25. The number of anilines is 1. The largest absolute Gasteiger partial charge is 0.399 e. The van der Waals surface area contributed by atoms with Crippen LogP contribution in [0.25, 0.3) is 10.4 Å². The molecule has 72 valence electrons. The summed E-state index contributed by atoms with van der Waals surface area (Å²) in [5.41, 5.74) is 15.1. The number of hydrogen-bond acceptors (Lipinski definition) is 3. The predicted octanol–water partition coefficient (Wildman–Crippen LogP) is 1.80. The van der Waals surface area contributed by atoms with Gasteiger partial charge in [-0.05, 0) is 23.7 Å². The van der Waals surface area contributed by atoms with Crippen molar-refractivity contribution in [3.63, 3.8) is 0 Å². The molecule has 0 saturated carbocycles. The van der Waals surface area contributed by atoms with Gasteiger partial charge in [0.25, 0.3) is 0 Å². The quantitative estimate of drug-likeness (QED) is 0.244. The number of benzene rings is 1. The first-order chi connectivity index (χ1) is 7.27. The van der Waals surface area contributed by atoms with Crippen molar-refractivity contribution in [1.82, 2.24) is 0 Å². The SMILES string of the molecule is N#Cc1ccc(N)cc1C#CCN=[N+]=[N-]. The summed E-state index contributed by atoms with van der Waals surface area (Å²) in [6.07, 6.45) is 0. The molecule has 2 N–H and O–H groups in total. The van der Waals surface area contributed by atoms with E-state index in [-0.39, 0.29) is 6.54 Å². The normalized spacial score (nSPS) is 7.93. The van der Waals surface area contributed by atoms with E-state index in [1.54, 1.807) is 18.2 Å². The van der Waals surface area contributed by atoms with Gasteiger partial charge in [-0.1, -0.05) is 17.0 Å². The summed E-state index contributed by atoms with van der Waals surface area (Å²) in [4.78, 5) is 2.56. The lowest BCUT2D eigenvalue weighted by Gasteiger charge is -1.96. The van der Waals surface area contributed by atoms with Crippen LogP contribution in [-0.4, -0.2) is 6.54 Å². The fourth-order valence-corrected chi connectivity index (χ4v) is 0.965. The maximum absolute atomic E-state index is 8.77. The maximum Gasteiger partial charge on any atom is 0.100 e. The molecule has 15 heavy (non-hydrogen) atoms. The minimum absolute atomic E-state index is 0.0795. The van der Waals surface area contributed by atoms with E-state index >= 15 is 0 Å². The number of nitrogen functional groups attached to an aromatic ring is 1. The lowest BCUT2D eigenvalue weighted by atomic mass is 10.1.